The first-order valence-electron chi connectivity index (χ1n) is 6.12. The summed E-state index contributed by atoms with van der Waals surface area (Å²) in [5.74, 6) is -1.62. The number of amides is 1. The van der Waals surface area contributed by atoms with Crippen LogP contribution in [0, 0.1) is 5.82 Å². The smallest absolute Gasteiger partial charge is 0.366 e. The molecular weight excluding hydrogens is 288 g/mol. The van der Waals surface area contributed by atoms with Crippen molar-refractivity contribution in [2.24, 2.45) is 0 Å². The number of fused-ring (bicyclic) bond motifs is 1. The molecule has 2 N–H and O–H groups in total. The van der Waals surface area contributed by atoms with E-state index in [-0.39, 0.29) is 24.5 Å². The van der Waals surface area contributed by atoms with E-state index in [0.29, 0.717) is 0 Å². The highest BCUT2D eigenvalue weighted by Gasteiger charge is 2.61. The Labute approximate surface area is 115 Å². The van der Waals surface area contributed by atoms with E-state index in [1.54, 1.807) is 13.8 Å². The fourth-order valence-electron chi connectivity index (χ4n) is 2.08. The molecule has 1 amide bonds. The van der Waals surface area contributed by atoms with E-state index in [1.807, 2.05) is 0 Å². The molecule has 1 heterocycles. The normalized spacial score (nSPS) is 21.7. The largest absolute Gasteiger partial charge is 0.376 e. The van der Waals surface area contributed by atoms with Crippen LogP contribution in [0.3, 0.4) is 0 Å². The van der Waals surface area contributed by atoms with Crippen molar-refractivity contribution in [3.8, 4) is 0 Å². The fraction of sp³-hybridized carbons (Fsp3) is 0.417. The fourth-order valence-corrected chi connectivity index (χ4v) is 3.99. The highest BCUT2D eigenvalue weighted by atomic mass is 31.2. The summed E-state index contributed by atoms with van der Waals surface area (Å²) in [4.78, 5) is 12.0. The van der Waals surface area contributed by atoms with Gasteiger partial charge in [-0.1, -0.05) is 0 Å². The van der Waals surface area contributed by atoms with Crippen LogP contribution >= 0.6 is 7.60 Å². The lowest BCUT2D eigenvalue weighted by Gasteiger charge is -2.29. The van der Waals surface area contributed by atoms with Crippen molar-refractivity contribution in [2.75, 3.05) is 18.5 Å². The number of carbonyl (C=O) groups is 1. The summed E-state index contributed by atoms with van der Waals surface area (Å²) < 4.78 is 36.2. The molecule has 110 valence electrons. The lowest BCUT2D eigenvalue weighted by atomic mass is 10.1. The minimum atomic E-state index is -4.21. The van der Waals surface area contributed by atoms with E-state index < -0.39 is 24.7 Å². The van der Waals surface area contributed by atoms with Gasteiger partial charge in [-0.15, -0.1) is 0 Å². The Morgan fingerprint density at radius 1 is 1.35 bits per heavy atom. The summed E-state index contributed by atoms with van der Waals surface area (Å²) >= 11 is 0. The quantitative estimate of drug-likeness (QED) is 0.814. The average molecular weight is 303 g/mol. The van der Waals surface area contributed by atoms with Crippen LogP contribution in [0.1, 0.15) is 19.4 Å². The van der Waals surface area contributed by atoms with Crippen LogP contribution in [0.15, 0.2) is 18.2 Å². The molecule has 0 fully saturated rings. The minimum Gasteiger partial charge on any atom is -0.366 e. The first kappa shape index (κ1) is 15.1. The zero-order valence-electron chi connectivity index (χ0n) is 11.1. The maximum atomic E-state index is 13.4. The van der Waals surface area contributed by atoms with Gasteiger partial charge in [0.2, 0.25) is 0 Å². The summed E-state index contributed by atoms with van der Waals surface area (Å²) in [5, 5.41) is 10.4. The number of anilines is 1. The van der Waals surface area contributed by atoms with Gasteiger partial charge in [0.1, 0.15) is 5.82 Å². The Morgan fingerprint density at radius 3 is 2.50 bits per heavy atom. The average Bonchev–Trinajstić information content (AvgIpc) is 2.64. The lowest BCUT2D eigenvalue weighted by molar-refractivity contribution is -0.128. The van der Waals surface area contributed by atoms with E-state index in [0.717, 1.165) is 12.1 Å². The van der Waals surface area contributed by atoms with Crippen LogP contribution in [-0.2, 0) is 23.7 Å². The molecule has 1 aromatic rings. The van der Waals surface area contributed by atoms with Gasteiger partial charge in [0.25, 0.3) is 11.2 Å². The van der Waals surface area contributed by atoms with Crippen molar-refractivity contribution in [2.45, 2.75) is 19.2 Å². The lowest BCUT2D eigenvalue weighted by Crippen LogP contribution is -2.35. The molecule has 0 aromatic heterocycles. The first-order chi connectivity index (χ1) is 9.39. The van der Waals surface area contributed by atoms with Gasteiger partial charge in [-0.3, -0.25) is 9.36 Å². The third kappa shape index (κ3) is 2.07. The Bertz CT molecular complexity index is 583. The van der Waals surface area contributed by atoms with Gasteiger partial charge >= 0.3 is 7.60 Å². The second kappa shape index (κ2) is 5.26. The van der Waals surface area contributed by atoms with Gasteiger partial charge in [-0.2, -0.15) is 0 Å². The van der Waals surface area contributed by atoms with Crippen molar-refractivity contribution in [3.05, 3.63) is 29.6 Å². The maximum Gasteiger partial charge on any atom is 0.376 e. The first-order valence-corrected chi connectivity index (χ1v) is 7.66. The third-order valence-corrected chi connectivity index (χ3v) is 5.35. The van der Waals surface area contributed by atoms with Gasteiger partial charge in [-0.05, 0) is 32.0 Å². The number of hydrogen-bond donors (Lipinski definition) is 2. The minimum absolute atomic E-state index is 0.0302. The number of halogens is 1. The molecule has 0 spiro atoms. The van der Waals surface area contributed by atoms with Crippen molar-refractivity contribution in [1.29, 1.82) is 0 Å². The molecule has 0 aliphatic carbocycles. The molecule has 2 rings (SSSR count). The van der Waals surface area contributed by atoms with Crippen LogP contribution in [0.5, 0.6) is 0 Å². The Balaban J connectivity index is 2.61. The van der Waals surface area contributed by atoms with Gasteiger partial charge in [0, 0.05) is 11.3 Å². The van der Waals surface area contributed by atoms with Crippen molar-refractivity contribution in [1.82, 2.24) is 0 Å². The molecule has 0 saturated carbocycles. The predicted octanol–water partition coefficient (Wildman–Crippen LogP) is 2.19. The maximum absolute atomic E-state index is 13.4. The molecular formula is C12H15FNO5P. The van der Waals surface area contributed by atoms with Crippen LogP contribution in [-0.4, -0.2) is 24.2 Å². The summed E-state index contributed by atoms with van der Waals surface area (Å²) in [5.41, 5.74) is 0.0336. The SMILES string of the molecule is CCOP(=O)(OCC)C1(O)C(=O)Nc2ccc(F)cc21. The molecule has 20 heavy (non-hydrogen) atoms. The van der Waals surface area contributed by atoms with Crippen molar-refractivity contribution in [3.63, 3.8) is 0 Å². The van der Waals surface area contributed by atoms with Crippen molar-refractivity contribution >= 4 is 19.2 Å². The Hall–Kier alpha value is -1.27. The van der Waals surface area contributed by atoms with E-state index >= 15 is 0 Å². The molecule has 1 unspecified atom stereocenters. The predicted molar refractivity (Wildman–Crippen MR) is 69.8 cm³/mol. The van der Waals surface area contributed by atoms with Crippen LogP contribution in [0.4, 0.5) is 10.1 Å². The van der Waals surface area contributed by atoms with Gasteiger partial charge < -0.3 is 19.5 Å². The van der Waals surface area contributed by atoms with Gasteiger partial charge in [0.05, 0.1) is 13.2 Å². The van der Waals surface area contributed by atoms with Crippen LogP contribution < -0.4 is 5.32 Å². The van der Waals surface area contributed by atoms with Crippen LogP contribution in [0.25, 0.3) is 0 Å². The topological polar surface area (TPSA) is 84.9 Å². The highest BCUT2D eigenvalue weighted by Crippen LogP contribution is 2.66. The standard InChI is InChI=1S/C12H15FNO5P/c1-3-18-20(17,19-4-2)12(16)9-7-8(13)5-6-10(9)14-11(12)15/h5-7,16H,3-4H2,1-2H3,(H,14,15). The van der Waals surface area contributed by atoms with E-state index in [4.69, 9.17) is 9.05 Å². The summed E-state index contributed by atoms with van der Waals surface area (Å²) in [6, 6.07) is 3.35. The highest BCUT2D eigenvalue weighted by molar-refractivity contribution is 7.56. The summed E-state index contributed by atoms with van der Waals surface area (Å²) in [7, 11) is -4.21. The zero-order valence-corrected chi connectivity index (χ0v) is 11.9. The van der Waals surface area contributed by atoms with Gasteiger partial charge in [0.15, 0.2) is 0 Å². The number of rotatable bonds is 5. The number of hydrogen-bond acceptors (Lipinski definition) is 5. The molecule has 1 aliphatic rings. The van der Waals surface area contributed by atoms with E-state index in [1.165, 1.54) is 6.07 Å². The second-order valence-corrected chi connectivity index (χ2v) is 6.31. The van der Waals surface area contributed by atoms with Crippen LogP contribution in [0.2, 0.25) is 0 Å². The van der Waals surface area contributed by atoms with E-state index in [9.17, 15) is 18.9 Å². The number of aliphatic hydroxyl groups is 1. The molecule has 1 aliphatic heterocycles. The summed E-state index contributed by atoms with van der Waals surface area (Å²) in [6.45, 7) is 3.04. The summed E-state index contributed by atoms with van der Waals surface area (Å²) in [6.07, 6.45) is 0. The van der Waals surface area contributed by atoms with Gasteiger partial charge in [-0.25, -0.2) is 4.39 Å². The molecule has 8 heteroatoms. The molecule has 0 bridgehead atoms. The molecule has 1 atom stereocenters. The zero-order chi connectivity index (χ0) is 15.0. The number of nitrogens with one attached hydrogen (secondary N) is 1. The second-order valence-electron chi connectivity index (χ2n) is 4.15. The molecule has 0 radical (unpaired) electrons. The van der Waals surface area contributed by atoms with E-state index in [2.05, 4.69) is 5.32 Å². The number of carbonyl (C=O) groups excluding carboxylic acids is 1. The molecule has 1 aromatic carbocycles. The number of benzene rings is 1. The van der Waals surface area contributed by atoms with Crippen molar-refractivity contribution < 1.29 is 27.9 Å². The Morgan fingerprint density at radius 2 is 1.95 bits per heavy atom. The molecule has 6 nitrogen and oxygen atoms in total. The monoisotopic (exact) mass is 303 g/mol. The Kier molecular flexibility index (Phi) is 3.97. The third-order valence-electron chi connectivity index (χ3n) is 2.92. The molecule has 0 saturated heterocycles.